The van der Waals surface area contributed by atoms with Gasteiger partial charge in [-0.3, -0.25) is 9.59 Å². The van der Waals surface area contributed by atoms with Gasteiger partial charge >= 0.3 is 11.8 Å². The number of nitrogens with zero attached hydrogens (tertiary/aromatic N) is 2. The molecular formula is C22H27FN4O2. The zero-order valence-corrected chi connectivity index (χ0v) is 17.0. The predicted octanol–water partition coefficient (Wildman–Crippen LogP) is 1.85. The van der Waals surface area contributed by atoms with Gasteiger partial charge in [0.05, 0.1) is 6.04 Å². The number of nitrogens with one attached hydrogen (secondary N) is 2. The maximum atomic E-state index is 12.9. The fraction of sp³-hybridized carbons (Fsp3) is 0.364. The standard InChI is InChI=1S/C22H27FN4O2/c1-26(2)20(16-6-9-19-17(12-16)10-11-27(19)3)14-25-22(29)21(28)24-13-15-4-7-18(23)8-5-15/h4-9,12,20H,10-11,13-14H2,1-3H3,(H,24,28)(H,25,29)/t20-/m1/s1. The van der Waals surface area contributed by atoms with E-state index in [0.29, 0.717) is 6.54 Å². The van der Waals surface area contributed by atoms with E-state index in [-0.39, 0.29) is 18.4 Å². The van der Waals surface area contributed by atoms with E-state index in [0.717, 1.165) is 24.1 Å². The summed E-state index contributed by atoms with van der Waals surface area (Å²) in [6, 6.07) is 12.1. The molecule has 29 heavy (non-hydrogen) atoms. The largest absolute Gasteiger partial charge is 0.374 e. The molecule has 0 aliphatic carbocycles. The van der Waals surface area contributed by atoms with Gasteiger partial charge in [0, 0.05) is 32.4 Å². The monoisotopic (exact) mass is 398 g/mol. The van der Waals surface area contributed by atoms with Gasteiger partial charge in [-0.05, 0) is 55.4 Å². The molecule has 1 heterocycles. The fourth-order valence-electron chi connectivity index (χ4n) is 3.53. The number of amides is 2. The molecule has 0 saturated carbocycles. The van der Waals surface area contributed by atoms with Gasteiger partial charge in [-0.25, -0.2) is 4.39 Å². The molecule has 0 aromatic heterocycles. The van der Waals surface area contributed by atoms with Crippen molar-refractivity contribution < 1.29 is 14.0 Å². The molecule has 6 nitrogen and oxygen atoms in total. The predicted molar refractivity (Wildman–Crippen MR) is 111 cm³/mol. The lowest BCUT2D eigenvalue weighted by Crippen LogP contribution is -2.42. The highest BCUT2D eigenvalue weighted by atomic mass is 19.1. The summed E-state index contributed by atoms with van der Waals surface area (Å²) in [7, 11) is 5.98. The third kappa shape index (κ3) is 5.12. The van der Waals surface area contributed by atoms with Crippen LogP contribution in [0.1, 0.15) is 22.7 Å². The van der Waals surface area contributed by atoms with Gasteiger partial charge in [-0.1, -0.05) is 24.3 Å². The van der Waals surface area contributed by atoms with Gasteiger partial charge in [0.25, 0.3) is 0 Å². The lowest BCUT2D eigenvalue weighted by Gasteiger charge is -2.26. The third-order valence-electron chi connectivity index (χ3n) is 5.27. The van der Waals surface area contributed by atoms with Crippen molar-refractivity contribution in [2.24, 2.45) is 0 Å². The minimum absolute atomic E-state index is 0.0416. The Morgan fingerprint density at radius 1 is 1.10 bits per heavy atom. The van der Waals surface area contributed by atoms with Gasteiger partial charge in [0.1, 0.15) is 5.82 Å². The fourth-order valence-corrected chi connectivity index (χ4v) is 3.53. The molecule has 1 aliphatic rings. The number of fused-ring (bicyclic) bond motifs is 1. The van der Waals surface area contributed by atoms with Crippen molar-refractivity contribution in [1.82, 2.24) is 15.5 Å². The highest BCUT2D eigenvalue weighted by Crippen LogP contribution is 2.30. The van der Waals surface area contributed by atoms with E-state index < -0.39 is 11.8 Å². The normalized spacial score (nSPS) is 13.9. The number of carbonyl (C=O) groups excluding carboxylic acids is 2. The van der Waals surface area contributed by atoms with Crippen molar-refractivity contribution in [3.63, 3.8) is 0 Å². The number of benzene rings is 2. The molecule has 2 aromatic carbocycles. The molecule has 0 radical (unpaired) electrons. The second kappa shape index (κ2) is 9.05. The van der Waals surface area contributed by atoms with Crippen LogP contribution in [0.4, 0.5) is 10.1 Å². The van der Waals surface area contributed by atoms with Crippen LogP contribution in [0.15, 0.2) is 42.5 Å². The van der Waals surface area contributed by atoms with Crippen LogP contribution in [0.25, 0.3) is 0 Å². The Labute approximate surface area is 170 Å². The number of hydrogen-bond donors (Lipinski definition) is 2. The summed E-state index contributed by atoms with van der Waals surface area (Å²) in [6.45, 7) is 1.50. The van der Waals surface area contributed by atoms with Crippen molar-refractivity contribution >= 4 is 17.5 Å². The average molecular weight is 398 g/mol. The molecule has 2 N–H and O–H groups in total. The van der Waals surface area contributed by atoms with Crippen LogP contribution in [0.2, 0.25) is 0 Å². The van der Waals surface area contributed by atoms with Crippen LogP contribution < -0.4 is 15.5 Å². The van der Waals surface area contributed by atoms with E-state index in [2.05, 4.69) is 40.8 Å². The summed E-state index contributed by atoms with van der Waals surface area (Å²) in [5.41, 5.74) is 4.38. The molecule has 154 valence electrons. The number of likely N-dealkylation sites (N-methyl/N-ethyl adjacent to an activating group) is 2. The molecule has 7 heteroatoms. The Kier molecular flexibility index (Phi) is 6.49. The second-order valence-electron chi connectivity index (χ2n) is 7.56. The minimum Gasteiger partial charge on any atom is -0.374 e. The van der Waals surface area contributed by atoms with E-state index in [4.69, 9.17) is 0 Å². The molecule has 2 amide bonds. The maximum absolute atomic E-state index is 12.9. The van der Waals surface area contributed by atoms with Crippen LogP contribution in [-0.2, 0) is 22.6 Å². The molecule has 0 bridgehead atoms. The zero-order chi connectivity index (χ0) is 21.0. The average Bonchev–Trinajstić information content (AvgIpc) is 3.07. The van der Waals surface area contributed by atoms with Gasteiger partial charge in [0.2, 0.25) is 0 Å². The topological polar surface area (TPSA) is 64.7 Å². The van der Waals surface area contributed by atoms with Crippen molar-refractivity contribution in [2.45, 2.75) is 19.0 Å². The Balaban J connectivity index is 1.56. The second-order valence-corrected chi connectivity index (χ2v) is 7.56. The molecular weight excluding hydrogens is 371 g/mol. The summed E-state index contributed by atoms with van der Waals surface area (Å²) in [6.07, 6.45) is 1.01. The molecule has 2 aromatic rings. The van der Waals surface area contributed by atoms with Crippen molar-refractivity contribution in [3.8, 4) is 0 Å². The van der Waals surface area contributed by atoms with Gasteiger partial charge in [-0.2, -0.15) is 0 Å². The number of halogens is 1. The molecule has 0 saturated heterocycles. The number of carbonyl (C=O) groups is 2. The van der Waals surface area contributed by atoms with Gasteiger partial charge in [-0.15, -0.1) is 0 Å². The molecule has 3 rings (SSSR count). The Morgan fingerprint density at radius 3 is 2.48 bits per heavy atom. The highest BCUT2D eigenvalue weighted by Gasteiger charge is 2.22. The first-order valence-electron chi connectivity index (χ1n) is 9.66. The SMILES string of the molecule is CN1CCc2cc([C@@H](CNC(=O)C(=O)NCc3ccc(F)cc3)N(C)C)ccc21. The maximum Gasteiger partial charge on any atom is 0.309 e. The number of rotatable bonds is 6. The first-order valence-corrected chi connectivity index (χ1v) is 9.66. The lowest BCUT2D eigenvalue weighted by atomic mass is 10.0. The summed E-state index contributed by atoms with van der Waals surface area (Å²) in [4.78, 5) is 28.5. The highest BCUT2D eigenvalue weighted by molar-refractivity contribution is 6.35. The zero-order valence-electron chi connectivity index (χ0n) is 17.0. The molecule has 0 unspecified atom stereocenters. The van der Waals surface area contributed by atoms with Gasteiger partial charge in [0.15, 0.2) is 0 Å². The van der Waals surface area contributed by atoms with E-state index in [1.54, 1.807) is 12.1 Å². The van der Waals surface area contributed by atoms with Crippen molar-refractivity contribution in [1.29, 1.82) is 0 Å². The molecule has 0 spiro atoms. The first-order chi connectivity index (χ1) is 13.8. The lowest BCUT2D eigenvalue weighted by molar-refractivity contribution is -0.139. The summed E-state index contributed by atoms with van der Waals surface area (Å²) in [5, 5.41) is 5.28. The van der Waals surface area contributed by atoms with E-state index in [1.807, 2.05) is 19.0 Å². The molecule has 1 atom stereocenters. The smallest absolute Gasteiger partial charge is 0.309 e. The van der Waals surface area contributed by atoms with Crippen LogP contribution >= 0.6 is 0 Å². The van der Waals surface area contributed by atoms with Gasteiger partial charge < -0.3 is 20.4 Å². The van der Waals surface area contributed by atoms with Crippen LogP contribution in [0.3, 0.4) is 0 Å². The minimum atomic E-state index is -0.706. The summed E-state index contributed by atoms with van der Waals surface area (Å²) in [5.74, 6) is -1.73. The summed E-state index contributed by atoms with van der Waals surface area (Å²) < 4.78 is 12.9. The quantitative estimate of drug-likeness (QED) is 0.729. The van der Waals surface area contributed by atoms with Crippen LogP contribution in [0, 0.1) is 5.82 Å². The Hall–Kier alpha value is -2.93. The third-order valence-corrected chi connectivity index (χ3v) is 5.27. The van der Waals surface area contributed by atoms with Crippen molar-refractivity contribution in [2.75, 3.05) is 39.1 Å². The van der Waals surface area contributed by atoms with Crippen LogP contribution in [0.5, 0.6) is 0 Å². The Bertz CT molecular complexity index is 883. The molecule has 1 aliphatic heterocycles. The van der Waals surface area contributed by atoms with E-state index >= 15 is 0 Å². The van der Waals surface area contributed by atoms with E-state index in [9.17, 15) is 14.0 Å². The van der Waals surface area contributed by atoms with E-state index in [1.165, 1.54) is 23.4 Å². The first kappa shape index (κ1) is 20.8. The number of hydrogen-bond acceptors (Lipinski definition) is 4. The summed E-state index contributed by atoms with van der Waals surface area (Å²) >= 11 is 0. The van der Waals surface area contributed by atoms with Crippen molar-refractivity contribution in [3.05, 3.63) is 65.0 Å². The Morgan fingerprint density at radius 2 is 1.79 bits per heavy atom. The number of anilines is 1. The molecule has 0 fully saturated rings. The van der Waals surface area contributed by atoms with Crippen LogP contribution in [-0.4, -0.2) is 50.9 Å².